The Kier molecular flexibility index (Phi) is 5.75. The Bertz CT molecular complexity index is 679. The van der Waals surface area contributed by atoms with Crippen LogP contribution in [0.15, 0.2) is 23.2 Å². The highest BCUT2D eigenvalue weighted by molar-refractivity contribution is 8.15. The van der Waals surface area contributed by atoms with E-state index in [0.717, 1.165) is 36.3 Å². The van der Waals surface area contributed by atoms with Crippen molar-refractivity contribution in [3.63, 3.8) is 0 Å². The van der Waals surface area contributed by atoms with Crippen LogP contribution in [0.5, 0.6) is 0 Å². The van der Waals surface area contributed by atoms with Crippen molar-refractivity contribution in [2.24, 2.45) is 4.99 Å². The van der Waals surface area contributed by atoms with Crippen molar-refractivity contribution in [2.75, 3.05) is 18.5 Å². The number of rotatable bonds is 5. The first kappa shape index (κ1) is 17.9. The second-order valence-corrected chi connectivity index (χ2v) is 7.59. The summed E-state index contributed by atoms with van der Waals surface area (Å²) in [7, 11) is 0. The van der Waals surface area contributed by atoms with Crippen LogP contribution in [0.2, 0.25) is 0 Å². The number of carbonyl (C=O) groups is 2. The van der Waals surface area contributed by atoms with Gasteiger partial charge in [-0.25, -0.2) is 0 Å². The van der Waals surface area contributed by atoms with E-state index in [2.05, 4.69) is 15.6 Å². The van der Waals surface area contributed by atoms with Crippen molar-refractivity contribution in [3.8, 4) is 0 Å². The molecule has 2 heterocycles. The monoisotopic (exact) mass is 361 g/mol. The predicted octanol–water partition coefficient (Wildman–Crippen LogP) is 2.40. The molecule has 6 nitrogen and oxygen atoms in total. The Hall–Kier alpha value is -1.86. The van der Waals surface area contributed by atoms with Gasteiger partial charge in [0.1, 0.15) is 5.25 Å². The molecule has 0 bridgehead atoms. The number of aryl methyl sites for hydroxylation is 2. The molecule has 2 saturated heterocycles. The fraction of sp³-hybridized carbons (Fsp3) is 0.500. The van der Waals surface area contributed by atoms with Crippen molar-refractivity contribution in [1.29, 1.82) is 0 Å². The Labute approximate surface area is 151 Å². The van der Waals surface area contributed by atoms with Gasteiger partial charge in [-0.15, -0.1) is 0 Å². The summed E-state index contributed by atoms with van der Waals surface area (Å²) in [5, 5.41) is 5.83. The number of amides is 2. The third-order valence-corrected chi connectivity index (χ3v) is 5.47. The van der Waals surface area contributed by atoms with Gasteiger partial charge in [0.05, 0.1) is 12.6 Å². The number of thioether (sulfide) groups is 1. The molecule has 0 aliphatic carbocycles. The molecule has 0 aromatic heterocycles. The van der Waals surface area contributed by atoms with Crippen molar-refractivity contribution < 1.29 is 14.3 Å². The van der Waals surface area contributed by atoms with Crippen LogP contribution >= 0.6 is 11.8 Å². The number of carbonyl (C=O) groups excluding carboxylic acids is 2. The summed E-state index contributed by atoms with van der Waals surface area (Å²) in [5.41, 5.74) is 2.84. The summed E-state index contributed by atoms with van der Waals surface area (Å²) < 4.78 is 5.53. The fourth-order valence-electron chi connectivity index (χ4n) is 2.96. The Balaban J connectivity index is 1.54. The van der Waals surface area contributed by atoms with Gasteiger partial charge in [-0.05, 0) is 37.8 Å². The first-order chi connectivity index (χ1) is 12.0. The van der Waals surface area contributed by atoms with Gasteiger partial charge in [0.2, 0.25) is 11.8 Å². The molecule has 2 aliphatic heterocycles. The maximum Gasteiger partial charge on any atom is 0.240 e. The van der Waals surface area contributed by atoms with E-state index in [4.69, 9.17) is 4.74 Å². The van der Waals surface area contributed by atoms with Crippen LogP contribution in [0.4, 0.5) is 5.69 Å². The van der Waals surface area contributed by atoms with Crippen molar-refractivity contribution >= 4 is 34.4 Å². The van der Waals surface area contributed by atoms with Crippen molar-refractivity contribution in [2.45, 2.75) is 44.5 Å². The van der Waals surface area contributed by atoms with E-state index in [1.807, 2.05) is 32.0 Å². The van der Waals surface area contributed by atoms with Gasteiger partial charge < -0.3 is 15.4 Å². The van der Waals surface area contributed by atoms with Gasteiger partial charge in [0, 0.05) is 18.7 Å². The number of aliphatic imine (C=N–C) groups is 1. The summed E-state index contributed by atoms with van der Waals surface area (Å²) in [5.74, 6) is -0.321. The predicted molar refractivity (Wildman–Crippen MR) is 100.0 cm³/mol. The van der Waals surface area contributed by atoms with Crippen molar-refractivity contribution in [1.82, 2.24) is 5.32 Å². The average molecular weight is 361 g/mol. The summed E-state index contributed by atoms with van der Waals surface area (Å²) in [4.78, 5) is 28.8. The Morgan fingerprint density at radius 1 is 1.40 bits per heavy atom. The number of nitrogens with one attached hydrogen (secondary N) is 2. The van der Waals surface area contributed by atoms with E-state index in [9.17, 15) is 9.59 Å². The van der Waals surface area contributed by atoms with Gasteiger partial charge in [0.15, 0.2) is 5.17 Å². The van der Waals surface area contributed by atoms with Crippen LogP contribution in [0.1, 0.15) is 30.4 Å². The smallest absolute Gasteiger partial charge is 0.240 e. The normalized spacial score (nSPS) is 24.6. The molecule has 7 heteroatoms. The maximum absolute atomic E-state index is 12.3. The van der Waals surface area contributed by atoms with Crippen molar-refractivity contribution in [3.05, 3.63) is 29.3 Å². The third kappa shape index (κ3) is 4.61. The van der Waals surface area contributed by atoms with Gasteiger partial charge in [-0.2, -0.15) is 0 Å². The molecule has 134 valence electrons. The molecule has 0 spiro atoms. The number of hydrogen-bond donors (Lipinski definition) is 2. The van der Waals surface area contributed by atoms with Crippen LogP contribution in [-0.2, 0) is 14.3 Å². The molecule has 2 aliphatic rings. The van der Waals surface area contributed by atoms with E-state index < -0.39 is 5.25 Å². The summed E-state index contributed by atoms with van der Waals surface area (Å²) >= 11 is 1.32. The molecule has 1 aromatic carbocycles. The van der Waals surface area contributed by atoms with Gasteiger partial charge in [-0.1, -0.05) is 30.0 Å². The van der Waals surface area contributed by atoms with Crippen LogP contribution in [0, 0.1) is 13.8 Å². The molecule has 2 N–H and O–H groups in total. The molecule has 0 radical (unpaired) electrons. The molecule has 2 fully saturated rings. The minimum Gasteiger partial charge on any atom is -0.376 e. The quantitative estimate of drug-likeness (QED) is 0.844. The lowest BCUT2D eigenvalue weighted by molar-refractivity contribution is -0.122. The number of hydrogen-bond acceptors (Lipinski definition) is 5. The molecular weight excluding hydrogens is 338 g/mol. The van der Waals surface area contributed by atoms with Gasteiger partial charge in [-0.3, -0.25) is 14.6 Å². The largest absolute Gasteiger partial charge is 0.376 e. The Morgan fingerprint density at radius 2 is 2.16 bits per heavy atom. The van der Waals surface area contributed by atoms with Crippen LogP contribution < -0.4 is 10.6 Å². The van der Waals surface area contributed by atoms with Crippen LogP contribution in [-0.4, -0.2) is 41.5 Å². The van der Waals surface area contributed by atoms with E-state index in [0.29, 0.717) is 11.7 Å². The molecule has 25 heavy (non-hydrogen) atoms. The first-order valence-corrected chi connectivity index (χ1v) is 9.40. The summed E-state index contributed by atoms with van der Waals surface area (Å²) in [6.45, 7) is 5.26. The molecule has 3 rings (SSSR count). The maximum atomic E-state index is 12.3. The molecule has 1 aromatic rings. The number of amidine groups is 1. The zero-order chi connectivity index (χ0) is 17.8. The highest BCUT2D eigenvalue weighted by Crippen LogP contribution is 2.25. The highest BCUT2D eigenvalue weighted by atomic mass is 32.2. The van der Waals surface area contributed by atoms with Gasteiger partial charge >= 0.3 is 0 Å². The lowest BCUT2D eigenvalue weighted by Gasteiger charge is -2.12. The third-order valence-electron chi connectivity index (χ3n) is 4.36. The molecule has 0 saturated carbocycles. The Morgan fingerprint density at radius 3 is 2.84 bits per heavy atom. The second-order valence-electron chi connectivity index (χ2n) is 6.40. The van der Waals surface area contributed by atoms with E-state index in [-0.39, 0.29) is 24.3 Å². The first-order valence-electron chi connectivity index (χ1n) is 8.52. The molecule has 2 atom stereocenters. The highest BCUT2D eigenvalue weighted by Gasteiger charge is 2.32. The van der Waals surface area contributed by atoms with E-state index in [1.54, 1.807) is 0 Å². The average Bonchev–Trinajstić information content (AvgIpc) is 3.19. The molecular formula is C18H23N3O3S. The van der Waals surface area contributed by atoms with Crippen LogP contribution in [0.25, 0.3) is 0 Å². The molecule has 2 amide bonds. The standard InChI is InChI=1S/C18H23N3O3S/c1-11-5-3-6-12(2)16(11)20-15(22)9-14-17(23)21-18(25-14)19-10-13-7-4-8-24-13/h3,5-6,13-14H,4,7-10H2,1-2H3,(H,20,22)(H,19,21,23)/t13-,14+/m0/s1. The number of ether oxygens (including phenoxy) is 1. The molecule has 0 unspecified atom stereocenters. The fourth-order valence-corrected chi connectivity index (χ4v) is 3.94. The topological polar surface area (TPSA) is 79.8 Å². The minimum atomic E-state index is -0.437. The SMILES string of the molecule is Cc1cccc(C)c1NC(=O)C[C@H]1SC(=NC[C@@H]2CCCO2)NC1=O. The second kappa shape index (κ2) is 8.01. The van der Waals surface area contributed by atoms with Gasteiger partial charge in [0.25, 0.3) is 0 Å². The zero-order valence-electron chi connectivity index (χ0n) is 14.5. The lowest BCUT2D eigenvalue weighted by atomic mass is 10.1. The number of nitrogens with zero attached hydrogens (tertiary/aromatic N) is 1. The van der Waals surface area contributed by atoms with E-state index >= 15 is 0 Å². The lowest BCUT2D eigenvalue weighted by Crippen LogP contribution is -2.28. The zero-order valence-corrected chi connectivity index (χ0v) is 15.3. The van der Waals surface area contributed by atoms with E-state index in [1.165, 1.54) is 11.8 Å². The van der Waals surface area contributed by atoms with Crippen LogP contribution in [0.3, 0.4) is 0 Å². The summed E-state index contributed by atoms with van der Waals surface area (Å²) in [6, 6.07) is 5.86. The summed E-state index contributed by atoms with van der Waals surface area (Å²) in [6.07, 6.45) is 2.35. The number of anilines is 1. The minimum absolute atomic E-state index is 0.128. The number of para-hydroxylation sites is 1. The number of benzene rings is 1.